The number of carbonyl (C=O) groups is 2. The predicted molar refractivity (Wildman–Crippen MR) is 128 cm³/mol. The first-order valence-electron chi connectivity index (χ1n) is 10.9. The number of benzene rings is 2. The summed E-state index contributed by atoms with van der Waals surface area (Å²) in [4.78, 5) is 31.8. The summed E-state index contributed by atoms with van der Waals surface area (Å²) >= 11 is 0. The second-order valence-electron chi connectivity index (χ2n) is 7.98. The average Bonchev–Trinajstić information content (AvgIpc) is 3.28. The standard InChI is InChI=1S/C25H24N6O2/c1-17(32)18-5-4-6-19(15-18)20-16-27-31-12-9-22(28-24(20)31)25(33)29-21-7-2-3-8-23(21)30-13-10-26-11-14-30/h2-9,12,15-16,26H,10-11,13-14H2,1H3,(H,29,33). The number of Topliss-reactive ketones (excluding diaryl/α,β-unsaturated/α-hetero) is 1. The zero-order chi connectivity index (χ0) is 22.8. The normalized spacial score (nSPS) is 13.8. The van der Waals surface area contributed by atoms with Crippen molar-refractivity contribution in [2.24, 2.45) is 0 Å². The number of carbonyl (C=O) groups excluding carboxylic acids is 2. The molecule has 166 valence electrons. The lowest BCUT2D eigenvalue weighted by Crippen LogP contribution is -2.43. The molecule has 4 aromatic rings. The smallest absolute Gasteiger partial charge is 0.274 e. The summed E-state index contributed by atoms with van der Waals surface area (Å²) in [5, 5.41) is 10.7. The molecule has 2 N–H and O–H groups in total. The zero-order valence-electron chi connectivity index (χ0n) is 18.3. The van der Waals surface area contributed by atoms with Crippen molar-refractivity contribution in [3.63, 3.8) is 0 Å². The number of nitrogens with one attached hydrogen (secondary N) is 2. The number of hydrogen-bond acceptors (Lipinski definition) is 6. The Hall–Kier alpha value is -4.04. The molecule has 1 saturated heterocycles. The first-order chi connectivity index (χ1) is 16.1. The van der Waals surface area contributed by atoms with E-state index in [2.05, 4.69) is 25.6 Å². The predicted octanol–water partition coefficient (Wildman–Crippen LogP) is 3.26. The Morgan fingerprint density at radius 3 is 2.67 bits per heavy atom. The van der Waals surface area contributed by atoms with Crippen LogP contribution in [-0.4, -0.2) is 52.5 Å². The number of ketones is 1. The first kappa shape index (κ1) is 20.8. The van der Waals surface area contributed by atoms with Crippen LogP contribution in [0.5, 0.6) is 0 Å². The van der Waals surface area contributed by atoms with E-state index in [1.165, 1.54) is 6.92 Å². The van der Waals surface area contributed by atoms with Crippen LogP contribution in [0, 0.1) is 0 Å². The van der Waals surface area contributed by atoms with E-state index in [1.54, 1.807) is 29.0 Å². The van der Waals surface area contributed by atoms with E-state index >= 15 is 0 Å². The van der Waals surface area contributed by atoms with Crippen molar-refractivity contribution in [3.05, 3.63) is 78.2 Å². The molecule has 0 aliphatic carbocycles. The molecule has 33 heavy (non-hydrogen) atoms. The number of amides is 1. The minimum absolute atomic E-state index is 0.00972. The summed E-state index contributed by atoms with van der Waals surface area (Å²) in [5.41, 5.74) is 4.81. The summed E-state index contributed by atoms with van der Waals surface area (Å²) in [7, 11) is 0. The van der Waals surface area contributed by atoms with Crippen molar-refractivity contribution >= 4 is 28.7 Å². The van der Waals surface area contributed by atoms with Gasteiger partial charge in [-0.25, -0.2) is 9.50 Å². The maximum atomic E-state index is 13.1. The highest BCUT2D eigenvalue weighted by molar-refractivity contribution is 6.05. The van der Waals surface area contributed by atoms with Crippen molar-refractivity contribution in [2.75, 3.05) is 36.4 Å². The minimum Gasteiger partial charge on any atom is -0.367 e. The fourth-order valence-corrected chi connectivity index (χ4v) is 4.05. The lowest BCUT2D eigenvalue weighted by atomic mass is 10.0. The summed E-state index contributed by atoms with van der Waals surface area (Å²) in [6.07, 6.45) is 3.42. The number of piperazine rings is 1. The van der Waals surface area contributed by atoms with Crippen LogP contribution in [0.15, 0.2) is 67.0 Å². The highest BCUT2D eigenvalue weighted by Crippen LogP contribution is 2.27. The Labute approximate surface area is 191 Å². The van der Waals surface area contributed by atoms with Crippen molar-refractivity contribution < 1.29 is 9.59 Å². The number of anilines is 2. The Bertz CT molecular complexity index is 1340. The number of aromatic nitrogens is 3. The molecule has 0 spiro atoms. The Morgan fingerprint density at radius 2 is 1.85 bits per heavy atom. The van der Waals surface area contributed by atoms with Crippen LogP contribution < -0.4 is 15.5 Å². The molecular formula is C25H24N6O2. The highest BCUT2D eigenvalue weighted by Gasteiger charge is 2.18. The van der Waals surface area contributed by atoms with Gasteiger partial charge in [0.25, 0.3) is 5.91 Å². The minimum atomic E-state index is -0.287. The van der Waals surface area contributed by atoms with Gasteiger partial charge in [0.15, 0.2) is 11.4 Å². The second kappa shape index (κ2) is 8.84. The average molecular weight is 441 g/mol. The van der Waals surface area contributed by atoms with Crippen LogP contribution in [0.1, 0.15) is 27.8 Å². The summed E-state index contributed by atoms with van der Waals surface area (Å²) in [6.45, 7) is 5.13. The third-order valence-electron chi connectivity index (χ3n) is 5.79. The lowest BCUT2D eigenvalue weighted by Gasteiger charge is -2.31. The first-order valence-corrected chi connectivity index (χ1v) is 10.9. The number of nitrogens with zero attached hydrogens (tertiary/aromatic N) is 4. The fraction of sp³-hybridized carbons (Fsp3) is 0.200. The molecule has 1 aliphatic heterocycles. The van der Waals surface area contributed by atoms with E-state index in [4.69, 9.17) is 0 Å². The van der Waals surface area contributed by atoms with Crippen molar-refractivity contribution in [2.45, 2.75) is 6.92 Å². The Kier molecular flexibility index (Phi) is 5.58. The number of hydrogen-bond donors (Lipinski definition) is 2. The van der Waals surface area contributed by atoms with Crippen LogP contribution in [0.25, 0.3) is 16.8 Å². The quantitative estimate of drug-likeness (QED) is 0.463. The van der Waals surface area contributed by atoms with Crippen LogP contribution in [0.2, 0.25) is 0 Å². The SMILES string of the molecule is CC(=O)c1cccc(-c2cnn3ccc(C(=O)Nc4ccccc4N4CCNCC4)nc23)c1. The molecule has 0 unspecified atom stereocenters. The largest absolute Gasteiger partial charge is 0.367 e. The van der Waals surface area contributed by atoms with Crippen LogP contribution >= 0.6 is 0 Å². The van der Waals surface area contributed by atoms with E-state index in [0.717, 1.165) is 48.7 Å². The zero-order valence-corrected chi connectivity index (χ0v) is 18.3. The van der Waals surface area contributed by atoms with Gasteiger partial charge in [-0.2, -0.15) is 5.10 Å². The molecule has 1 aliphatic rings. The molecule has 0 atom stereocenters. The summed E-state index contributed by atoms with van der Waals surface area (Å²) in [5.74, 6) is -0.297. The van der Waals surface area contributed by atoms with Gasteiger partial charge in [-0.05, 0) is 36.8 Å². The third kappa shape index (κ3) is 4.20. The second-order valence-corrected chi connectivity index (χ2v) is 7.98. The van der Waals surface area contributed by atoms with Gasteiger partial charge < -0.3 is 15.5 Å². The Morgan fingerprint density at radius 1 is 1.03 bits per heavy atom. The van der Waals surface area contributed by atoms with Gasteiger partial charge in [-0.3, -0.25) is 9.59 Å². The molecule has 0 radical (unpaired) electrons. The molecule has 1 amide bonds. The highest BCUT2D eigenvalue weighted by atomic mass is 16.2. The topological polar surface area (TPSA) is 91.6 Å². The van der Waals surface area contributed by atoms with Crippen molar-refractivity contribution in [3.8, 4) is 11.1 Å². The lowest BCUT2D eigenvalue weighted by molar-refractivity contribution is 0.101. The molecule has 2 aromatic heterocycles. The number of fused-ring (bicyclic) bond motifs is 1. The van der Waals surface area contributed by atoms with Crippen LogP contribution in [0.4, 0.5) is 11.4 Å². The van der Waals surface area contributed by atoms with Crippen LogP contribution in [-0.2, 0) is 0 Å². The van der Waals surface area contributed by atoms with Gasteiger partial charge in [0.2, 0.25) is 0 Å². The van der Waals surface area contributed by atoms with Gasteiger partial charge in [-0.1, -0.05) is 30.3 Å². The van der Waals surface area contributed by atoms with E-state index in [0.29, 0.717) is 16.9 Å². The molecule has 5 rings (SSSR count). The third-order valence-corrected chi connectivity index (χ3v) is 5.79. The van der Waals surface area contributed by atoms with Crippen LogP contribution in [0.3, 0.4) is 0 Å². The molecule has 8 nitrogen and oxygen atoms in total. The molecule has 0 saturated carbocycles. The van der Waals surface area contributed by atoms with Gasteiger partial charge in [-0.15, -0.1) is 0 Å². The van der Waals surface area contributed by atoms with Gasteiger partial charge >= 0.3 is 0 Å². The monoisotopic (exact) mass is 440 g/mol. The number of para-hydroxylation sites is 2. The van der Waals surface area contributed by atoms with Crippen molar-refractivity contribution in [1.82, 2.24) is 19.9 Å². The molecule has 0 bridgehead atoms. The fourth-order valence-electron chi connectivity index (χ4n) is 4.05. The Balaban J connectivity index is 1.45. The van der Waals surface area contributed by atoms with E-state index in [1.807, 2.05) is 42.5 Å². The van der Waals surface area contributed by atoms with Crippen molar-refractivity contribution in [1.29, 1.82) is 0 Å². The van der Waals surface area contributed by atoms with Gasteiger partial charge in [0.05, 0.1) is 17.6 Å². The van der Waals surface area contributed by atoms with E-state index in [9.17, 15) is 9.59 Å². The van der Waals surface area contributed by atoms with Gasteiger partial charge in [0, 0.05) is 43.5 Å². The summed E-state index contributed by atoms with van der Waals surface area (Å²) < 4.78 is 1.63. The molecule has 1 fully saturated rings. The molecule has 3 heterocycles. The van der Waals surface area contributed by atoms with Gasteiger partial charge in [0.1, 0.15) is 5.69 Å². The van der Waals surface area contributed by atoms with E-state index < -0.39 is 0 Å². The molecule has 2 aromatic carbocycles. The molecular weight excluding hydrogens is 416 g/mol. The summed E-state index contributed by atoms with van der Waals surface area (Å²) in [6, 6.07) is 16.8. The molecule has 8 heteroatoms. The maximum Gasteiger partial charge on any atom is 0.274 e. The number of rotatable bonds is 5. The maximum absolute atomic E-state index is 13.1. The van der Waals surface area contributed by atoms with E-state index in [-0.39, 0.29) is 11.7 Å².